The van der Waals surface area contributed by atoms with Crippen LogP contribution in [0.5, 0.6) is 0 Å². The lowest BCUT2D eigenvalue weighted by Gasteiger charge is -2.26. The smallest absolute Gasteiger partial charge is 0.407 e. The van der Waals surface area contributed by atoms with Gasteiger partial charge in [0.1, 0.15) is 6.61 Å². The molecule has 0 aromatic heterocycles. The number of hydrogen-bond donors (Lipinski definition) is 2. The van der Waals surface area contributed by atoms with Gasteiger partial charge in [-0.05, 0) is 54.4 Å². The van der Waals surface area contributed by atoms with Crippen LogP contribution in [0.1, 0.15) is 55.6 Å². The average molecular weight is 461 g/mol. The summed E-state index contributed by atoms with van der Waals surface area (Å²) in [6, 6.07) is 16.2. The van der Waals surface area contributed by atoms with Crippen molar-refractivity contribution in [3.05, 3.63) is 59.7 Å². The highest BCUT2D eigenvalue weighted by atomic mass is 16.5. The molecule has 0 radical (unpaired) electrons. The summed E-state index contributed by atoms with van der Waals surface area (Å²) in [5, 5.41) is 12.4. The van der Waals surface area contributed by atoms with Crippen molar-refractivity contribution in [3.63, 3.8) is 0 Å². The quantitative estimate of drug-likeness (QED) is 0.681. The summed E-state index contributed by atoms with van der Waals surface area (Å²) in [6.07, 6.45) is 3.32. The zero-order chi connectivity index (χ0) is 23.4. The Morgan fingerprint density at radius 2 is 1.65 bits per heavy atom. The number of rotatable bonds is 6. The molecular formula is C27H28N2O5. The number of nitrogens with one attached hydrogen (secondary N) is 1. The van der Waals surface area contributed by atoms with Crippen molar-refractivity contribution in [3.8, 4) is 11.1 Å². The number of carbonyl (C=O) groups is 3. The summed E-state index contributed by atoms with van der Waals surface area (Å²) in [6.45, 7) is 0.237. The Kier molecular flexibility index (Phi) is 4.90. The van der Waals surface area contributed by atoms with E-state index in [0.717, 1.165) is 36.8 Å². The van der Waals surface area contributed by atoms with Crippen LogP contribution in [0.2, 0.25) is 0 Å². The van der Waals surface area contributed by atoms with Crippen molar-refractivity contribution in [2.45, 2.75) is 62.1 Å². The van der Waals surface area contributed by atoms with E-state index in [1.807, 2.05) is 24.3 Å². The van der Waals surface area contributed by atoms with E-state index in [1.54, 1.807) is 4.90 Å². The van der Waals surface area contributed by atoms with Gasteiger partial charge in [-0.2, -0.15) is 0 Å². The summed E-state index contributed by atoms with van der Waals surface area (Å²) in [7, 11) is 0. The number of carbonyl (C=O) groups excluding carboxylic acids is 2. The van der Waals surface area contributed by atoms with E-state index >= 15 is 0 Å². The van der Waals surface area contributed by atoms with Crippen LogP contribution >= 0.6 is 0 Å². The van der Waals surface area contributed by atoms with Gasteiger partial charge in [0, 0.05) is 18.0 Å². The van der Waals surface area contributed by atoms with Gasteiger partial charge in [-0.25, -0.2) is 4.79 Å². The highest BCUT2D eigenvalue weighted by molar-refractivity contribution is 5.83. The first kappa shape index (κ1) is 21.2. The Morgan fingerprint density at radius 3 is 2.24 bits per heavy atom. The molecule has 34 heavy (non-hydrogen) atoms. The van der Waals surface area contributed by atoms with Gasteiger partial charge >= 0.3 is 12.1 Å². The second-order valence-electron chi connectivity index (χ2n) is 10.2. The number of alkyl carbamates (subject to hydrolysis) is 1. The Bertz CT molecular complexity index is 1130. The van der Waals surface area contributed by atoms with Gasteiger partial charge in [0.15, 0.2) is 0 Å². The predicted octanol–water partition coefficient (Wildman–Crippen LogP) is 3.91. The molecule has 6 rings (SSSR count). The first-order valence-electron chi connectivity index (χ1n) is 12.1. The molecule has 1 saturated carbocycles. The van der Waals surface area contributed by atoms with Gasteiger partial charge in [-0.1, -0.05) is 48.5 Å². The molecule has 176 valence electrons. The Labute approximate surface area is 198 Å². The fourth-order valence-corrected chi connectivity index (χ4v) is 6.37. The van der Waals surface area contributed by atoms with Crippen LogP contribution in [0.4, 0.5) is 4.79 Å². The third-order valence-electron chi connectivity index (χ3n) is 8.20. The molecule has 7 nitrogen and oxygen atoms in total. The summed E-state index contributed by atoms with van der Waals surface area (Å²) in [5.74, 6) is -1.34. The van der Waals surface area contributed by atoms with Crippen molar-refractivity contribution in [2.24, 2.45) is 5.92 Å². The van der Waals surface area contributed by atoms with E-state index in [2.05, 4.69) is 29.6 Å². The SMILES string of the molecule is O=C(NC1(CC(=O)N2C3CCC2C(C(=O)O)C3)CC1)OCC1c2ccccc2-c2ccccc21. The Morgan fingerprint density at radius 1 is 1.00 bits per heavy atom. The largest absolute Gasteiger partial charge is 0.481 e. The number of hydrogen-bond acceptors (Lipinski definition) is 4. The van der Waals surface area contributed by atoms with Gasteiger partial charge < -0.3 is 20.1 Å². The molecule has 2 saturated heterocycles. The number of carboxylic acids is 1. The van der Waals surface area contributed by atoms with Gasteiger partial charge in [0.25, 0.3) is 0 Å². The van der Waals surface area contributed by atoms with E-state index < -0.39 is 23.5 Å². The Hall–Kier alpha value is -3.35. The normalized spacial score (nSPS) is 25.5. The van der Waals surface area contributed by atoms with Crippen molar-refractivity contribution < 1.29 is 24.2 Å². The maximum atomic E-state index is 13.1. The van der Waals surface area contributed by atoms with Crippen molar-refractivity contribution >= 4 is 18.0 Å². The molecule has 3 unspecified atom stereocenters. The average Bonchev–Trinajstić information content (AvgIpc) is 3.19. The molecule has 4 aliphatic rings. The summed E-state index contributed by atoms with van der Waals surface area (Å²) in [5.41, 5.74) is 4.10. The summed E-state index contributed by atoms with van der Waals surface area (Å²) in [4.78, 5) is 39.1. The van der Waals surface area contributed by atoms with Gasteiger partial charge in [0.05, 0.1) is 17.9 Å². The molecule has 2 aromatic rings. The summed E-state index contributed by atoms with van der Waals surface area (Å²) < 4.78 is 5.67. The molecule has 2 amide bonds. The van der Waals surface area contributed by atoms with Crippen LogP contribution in [0, 0.1) is 5.92 Å². The van der Waals surface area contributed by atoms with Gasteiger partial charge in [-0.15, -0.1) is 0 Å². The monoisotopic (exact) mass is 460 g/mol. The van der Waals surface area contributed by atoms with Crippen LogP contribution in [0.25, 0.3) is 11.1 Å². The number of ether oxygens (including phenoxy) is 1. The molecule has 3 atom stereocenters. The summed E-state index contributed by atoms with van der Waals surface area (Å²) >= 11 is 0. The number of fused-ring (bicyclic) bond motifs is 5. The number of carboxylic acid groups (broad SMARTS) is 1. The first-order chi connectivity index (χ1) is 16.5. The van der Waals surface area contributed by atoms with Crippen molar-refractivity contribution in [2.75, 3.05) is 6.61 Å². The van der Waals surface area contributed by atoms with Crippen LogP contribution in [-0.4, -0.2) is 52.2 Å². The van der Waals surface area contributed by atoms with Crippen LogP contribution < -0.4 is 5.32 Å². The minimum Gasteiger partial charge on any atom is -0.481 e. The predicted molar refractivity (Wildman–Crippen MR) is 124 cm³/mol. The second kappa shape index (κ2) is 7.86. The van der Waals surface area contributed by atoms with Crippen molar-refractivity contribution in [1.29, 1.82) is 0 Å². The van der Waals surface area contributed by atoms with E-state index in [1.165, 1.54) is 11.1 Å². The number of benzene rings is 2. The zero-order valence-electron chi connectivity index (χ0n) is 18.9. The highest BCUT2D eigenvalue weighted by Gasteiger charge is 2.54. The molecular weight excluding hydrogens is 432 g/mol. The third-order valence-corrected chi connectivity index (χ3v) is 8.20. The van der Waals surface area contributed by atoms with E-state index in [0.29, 0.717) is 6.42 Å². The Balaban J connectivity index is 1.08. The fraction of sp³-hybridized carbons (Fsp3) is 0.444. The topological polar surface area (TPSA) is 95.9 Å². The fourth-order valence-electron chi connectivity index (χ4n) is 6.37. The molecule has 0 spiro atoms. The van der Waals surface area contributed by atoms with Crippen molar-refractivity contribution in [1.82, 2.24) is 10.2 Å². The lowest BCUT2D eigenvalue weighted by atomic mass is 9.89. The second-order valence-corrected chi connectivity index (χ2v) is 10.2. The molecule has 2 heterocycles. The lowest BCUT2D eigenvalue weighted by molar-refractivity contribution is -0.143. The molecule has 2 aliphatic carbocycles. The van der Waals surface area contributed by atoms with Crippen LogP contribution in [-0.2, 0) is 14.3 Å². The van der Waals surface area contributed by atoms with E-state index in [-0.39, 0.29) is 36.9 Å². The number of amides is 2. The lowest BCUT2D eigenvalue weighted by Crippen LogP contribution is -2.45. The van der Waals surface area contributed by atoms with Crippen LogP contribution in [0.15, 0.2) is 48.5 Å². The zero-order valence-corrected chi connectivity index (χ0v) is 18.9. The molecule has 3 fully saturated rings. The molecule has 2 aliphatic heterocycles. The maximum Gasteiger partial charge on any atom is 0.407 e. The molecule has 2 N–H and O–H groups in total. The molecule has 7 heteroatoms. The standard InChI is InChI=1S/C27H28N2O5/c30-24(29-16-9-10-23(29)21(13-16)25(31)32)14-27(11-12-27)28-26(33)34-15-22-19-7-3-1-5-17(19)18-6-2-4-8-20(18)22/h1-8,16,21-23H,9-15H2,(H,28,33)(H,31,32). The number of aliphatic carboxylic acids is 1. The van der Waals surface area contributed by atoms with Gasteiger partial charge in [-0.3, -0.25) is 9.59 Å². The molecule has 2 aromatic carbocycles. The van der Waals surface area contributed by atoms with E-state index in [9.17, 15) is 19.5 Å². The minimum atomic E-state index is -0.817. The highest BCUT2D eigenvalue weighted by Crippen LogP contribution is 2.46. The first-order valence-corrected chi connectivity index (χ1v) is 12.1. The third kappa shape index (κ3) is 3.45. The maximum absolute atomic E-state index is 13.1. The molecule has 2 bridgehead atoms. The van der Waals surface area contributed by atoms with E-state index in [4.69, 9.17) is 4.74 Å². The van der Waals surface area contributed by atoms with Gasteiger partial charge in [0.2, 0.25) is 5.91 Å². The number of nitrogens with zero attached hydrogens (tertiary/aromatic N) is 1. The minimum absolute atomic E-state index is 0.0110. The van der Waals surface area contributed by atoms with Crippen LogP contribution in [0.3, 0.4) is 0 Å².